The first kappa shape index (κ1) is 14.5. The van der Waals surface area contributed by atoms with E-state index in [0.717, 1.165) is 22.6 Å². The van der Waals surface area contributed by atoms with Crippen molar-refractivity contribution in [2.24, 2.45) is 0 Å². The van der Waals surface area contributed by atoms with Crippen LogP contribution in [0.25, 0.3) is 10.2 Å². The number of fused-ring (bicyclic) bond motifs is 1. The summed E-state index contributed by atoms with van der Waals surface area (Å²) < 4.78 is 0. The third-order valence-corrected chi connectivity index (χ3v) is 4.10. The van der Waals surface area contributed by atoms with Crippen molar-refractivity contribution in [3.8, 4) is 0 Å². The third-order valence-electron chi connectivity index (χ3n) is 3.12. The quantitative estimate of drug-likeness (QED) is 0.543. The summed E-state index contributed by atoms with van der Waals surface area (Å²) in [5.41, 5.74) is 0. The molecule has 0 saturated carbocycles. The topological polar surface area (TPSA) is 37.8 Å². The van der Waals surface area contributed by atoms with Crippen molar-refractivity contribution in [3.05, 3.63) is 16.7 Å². The standard InChI is InChI=1S/C14H20ClN3S/c1-2-3-4-5-6-7-9-16-12-11-8-10-19-13(11)18-14(15)17-12/h8,10H,2-7,9H2,1H3,(H,16,17,18). The largest absolute Gasteiger partial charge is 0.369 e. The Bertz CT molecular complexity index is 512. The van der Waals surface area contributed by atoms with Gasteiger partial charge in [0.05, 0.1) is 5.39 Å². The monoisotopic (exact) mass is 297 g/mol. The molecule has 0 aliphatic carbocycles. The van der Waals surface area contributed by atoms with Gasteiger partial charge in [0.2, 0.25) is 5.28 Å². The summed E-state index contributed by atoms with van der Waals surface area (Å²) in [5.74, 6) is 0.866. The third kappa shape index (κ3) is 4.32. The first-order valence-electron chi connectivity index (χ1n) is 6.96. The molecule has 2 rings (SSSR count). The van der Waals surface area contributed by atoms with Crippen LogP contribution >= 0.6 is 22.9 Å². The number of hydrogen-bond donors (Lipinski definition) is 1. The van der Waals surface area contributed by atoms with Gasteiger partial charge in [0.1, 0.15) is 10.6 Å². The molecule has 0 unspecified atom stereocenters. The number of nitrogens with zero attached hydrogens (tertiary/aromatic N) is 2. The molecule has 0 amide bonds. The number of hydrogen-bond acceptors (Lipinski definition) is 4. The number of halogens is 1. The molecule has 0 atom stereocenters. The van der Waals surface area contributed by atoms with Gasteiger partial charge >= 0.3 is 0 Å². The van der Waals surface area contributed by atoms with Crippen LogP contribution in [-0.2, 0) is 0 Å². The molecular weight excluding hydrogens is 278 g/mol. The molecule has 0 aromatic carbocycles. The molecule has 0 saturated heterocycles. The zero-order valence-electron chi connectivity index (χ0n) is 11.3. The Balaban J connectivity index is 1.79. The van der Waals surface area contributed by atoms with E-state index in [-0.39, 0.29) is 0 Å². The highest BCUT2D eigenvalue weighted by Gasteiger charge is 2.06. The molecule has 104 valence electrons. The highest BCUT2D eigenvalue weighted by molar-refractivity contribution is 7.16. The molecule has 0 bridgehead atoms. The fraction of sp³-hybridized carbons (Fsp3) is 0.571. The van der Waals surface area contributed by atoms with Gasteiger partial charge < -0.3 is 5.32 Å². The molecule has 0 aliphatic heterocycles. The Morgan fingerprint density at radius 1 is 1.16 bits per heavy atom. The van der Waals surface area contributed by atoms with Crippen LogP contribution in [0.15, 0.2) is 11.4 Å². The van der Waals surface area contributed by atoms with Gasteiger partial charge in [-0.25, -0.2) is 9.97 Å². The van der Waals surface area contributed by atoms with E-state index in [9.17, 15) is 0 Å². The lowest BCUT2D eigenvalue weighted by Crippen LogP contribution is -2.04. The van der Waals surface area contributed by atoms with E-state index in [0.29, 0.717) is 5.28 Å². The molecule has 0 radical (unpaired) electrons. The lowest BCUT2D eigenvalue weighted by Gasteiger charge is -2.07. The summed E-state index contributed by atoms with van der Waals surface area (Å²) in [6.07, 6.45) is 7.78. The predicted octanol–water partition coefficient (Wildman–Crippen LogP) is 5.12. The Kier molecular flexibility index (Phi) is 5.86. The van der Waals surface area contributed by atoms with Crippen molar-refractivity contribution in [1.82, 2.24) is 9.97 Å². The molecule has 0 aliphatic rings. The van der Waals surface area contributed by atoms with Crippen LogP contribution in [0.5, 0.6) is 0 Å². The van der Waals surface area contributed by atoms with Gasteiger partial charge in [0, 0.05) is 6.54 Å². The van der Waals surface area contributed by atoms with Gasteiger partial charge in [0.15, 0.2) is 0 Å². The zero-order valence-corrected chi connectivity index (χ0v) is 12.9. The van der Waals surface area contributed by atoms with Gasteiger partial charge in [-0.15, -0.1) is 11.3 Å². The van der Waals surface area contributed by atoms with Gasteiger partial charge in [-0.3, -0.25) is 0 Å². The molecule has 19 heavy (non-hydrogen) atoms. The lowest BCUT2D eigenvalue weighted by atomic mass is 10.1. The first-order chi connectivity index (χ1) is 9.31. The highest BCUT2D eigenvalue weighted by Crippen LogP contribution is 2.26. The Labute approximate surface area is 123 Å². The molecule has 2 heterocycles. The van der Waals surface area contributed by atoms with Gasteiger partial charge in [-0.05, 0) is 29.5 Å². The minimum Gasteiger partial charge on any atom is -0.369 e. The predicted molar refractivity (Wildman–Crippen MR) is 84.3 cm³/mol. The SMILES string of the molecule is CCCCCCCCNc1nc(Cl)nc2sccc12. The fourth-order valence-electron chi connectivity index (χ4n) is 2.08. The number of anilines is 1. The highest BCUT2D eigenvalue weighted by atomic mass is 35.5. The number of unbranched alkanes of at least 4 members (excludes halogenated alkanes) is 5. The lowest BCUT2D eigenvalue weighted by molar-refractivity contribution is 0.617. The number of nitrogens with one attached hydrogen (secondary N) is 1. The molecule has 3 nitrogen and oxygen atoms in total. The van der Waals surface area contributed by atoms with Crippen molar-refractivity contribution in [2.75, 3.05) is 11.9 Å². The fourth-order valence-corrected chi connectivity index (χ4v) is 3.06. The number of aromatic nitrogens is 2. The van der Waals surface area contributed by atoms with Crippen LogP contribution in [0.4, 0.5) is 5.82 Å². The van der Waals surface area contributed by atoms with E-state index in [1.54, 1.807) is 11.3 Å². The minimum atomic E-state index is 0.320. The second kappa shape index (κ2) is 7.65. The molecule has 5 heteroatoms. The van der Waals surface area contributed by atoms with Crippen LogP contribution in [0, 0.1) is 0 Å². The average molecular weight is 298 g/mol. The summed E-state index contributed by atoms with van der Waals surface area (Å²) in [6, 6.07) is 2.04. The van der Waals surface area contributed by atoms with Crippen molar-refractivity contribution in [1.29, 1.82) is 0 Å². The Morgan fingerprint density at radius 3 is 2.79 bits per heavy atom. The molecule has 2 aromatic rings. The summed E-state index contributed by atoms with van der Waals surface area (Å²) >= 11 is 7.52. The van der Waals surface area contributed by atoms with E-state index in [1.807, 2.05) is 11.4 Å². The van der Waals surface area contributed by atoms with Crippen molar-refractivity contribution >= 4 is 39.0 Å². The minimum absolute atomic E-state index is 0.320. The molecule has 1 N–H and O–H groups in total. The second-order valence-corrected chi connectivity index (χ2v) is 5.91. The van der Waals surface area contributed by atoms with E-state index in [1.165, 1.54) is 38.5 Å². The maximum atomic E-state index is 5.92. The van der Waals surface area contributed by atoms with Crippen molar-refractivity contribution in [3.63, 3.8) is 0 Å². The summed E-state index contributed by atoms with van der Waals surface area (Å²) in [6.45, 7) is 3.19. The smallest absolute Gasteiger partial charge is 0.225 e. The Morgan fingerprint density at radius 2 is 1.95 bits per heavy atom. The van der Waals surface area contributed by atoms with Gasteiger partial charge in [0.25, 0.3) is 0 Å². The van der Waals surface area contributed by atoms with E-state index in [2.05, 4.69) is 22.2 Å². The Hall–Kier alpha value is -0.870. The number of rotatable bonds is 8. The molecule has 2 aromatic heterocycles. The first-order valence-corrected chi connectivity index (χ1v) is 8.21. The van der Waals surface area contributed by atoms with Crippen LogP contribution in [0.3, 0.4) is 0 Å². The van der Waals surface area contributed by atoms with Crippen LogP contribution < -0.4 is 5.32 Å². The maximum Gasteiger partial charge on any atom is 0.225 e. The van der Waals surface area contributed by atoms with Crippen LogP contribution in [0.1, 0.15) is 45.4 Å². The maximum absolute atomic E-state index is 5.92. The van der Waals surface area contributed by atoms with E-state index >= 15 is 0 Å². The van der Waals surface area contributed by atoms with E-state index in [4.69, 9.17) is 11.6 Å². The number of thiophene rings is 1. The molecule has 0 fully saturated rings. The van der Waals surface area contributed by atoms with Gasteiger partial charge in [-0.1, -0.05) is 39.0 Å². The van der Waals surface area contributed by atoms with Crippen molar-refractivity contribution < 1.29 is 0 Å². The second-order valence-electron chi connectivity index (χ2n) is 4.68. The van der Waals surface area contributed by atoms with Crippen LogP contribution in [0.2, 0.25) is 5.28 Å². The summed E-state index contributed by atoms with van der Waals surface area (Å²) in [7, 11) is 0. The average Bonchev–Trinajstić information content (AvgIpc) is 2.85. The summed E-state index contributed by atoms with van der Waals surface area (Å²) in [5, 5.41) is 6.79. The molecule has 0 spiro atoms. The molecular formula is C14H20ClN3S. The van der Waals surface area contributed by atoms with Crippen molar-refractivity contribution in [2.45, 2.75) is 45.4 Å². The van der Waals surface area contributed by atoms with Crippen LogP contribution in [-0.4, -0.2) is 16.5 Å². The van der Waals surface area contributed by atoms with Gasteiger partial charge in [-0.2, -0.15) is 0 Å². The zero-order chi connectivity index (χ0) is 13.5. The van der Waals surface area contributed by atoms with E-state index < -0.39 is 0 Å². The normalized spacial score (nSPS) is 11.1. The summed E-state index contributed by atoms with van der Waals surface area (Å²) in [4.78, 5) is 9.43.